The highest BCUT2D eigenvalue weighted by Gasteiger charge is 2.28. The summed E-state index contributed by atoms with van der Waals surface area (Å²) in [5, 5.41) is 0. The second-order valence-electron chi connectivity index (χ2n) is 4.88. The third-order valence-corrected chi connectivity index (χ3v) is 3.58. The molecule has 1 aliphatic carbocycles. The van der Waals surface area contributed by atoms with Crippen LogP contribution < -0.4 is 5.73 Å². The van der Waals surface area contributed by atoms with Gasteiger partial charge in [-0.2, -0.15) is 0 Å². The van der Waals surface area contributed by atoms with Gasteiger partial charge in [-0.05, 0) is 36.8 Å². The number of aromatic nitrogens is 2. The molecule has 3 nitrogen and oxygen atoms in total. The van der Waals surface area contributed by atoms with E-state index in [4.69, 9.17) is 5.73 Å². The van der Waals surface area contributed by atoms with Gasteiger partial charge in [-0.15, -0.1) is 0 Å². The van der Waals surface area contributed by atoms with E-state index in [9.17, 15) is 0 Å². The van der Waals surface area contributed by atoms with Gasteiger partial charge >= 0.3 is 0 Å². The highest BCUT2D eigenvalue weighted by molar-refractivity contribution is 5.78. The zero-order chi connectivity index (χ0) is 11.1. The minimum Gasteiger partial charge on any atom is -0.369 e. The van der Waals surface area contributed by atoms with E-state index in [0.717, 1.165) is 23.5 Å². The van der Waals surface area contributed by atoms with Crippen LogP contribution in [0.1, 0.15) is 19.8 Å². The molecule has 0 radical (unpaired) electrons. The molecule has 0 bridgehead atoms. The molecule has 1 aromatic carbocycles. The molecule has 1 aromatic heterocycles. The van der Waals surface area contributed by atoms with Gasteiger partial charge < -0.3 is 10.3 Å². The van der Waals surface area contributed by atoms with Gasteiger partial charge in [-0.25, -0.2) is 4.98 Å². The second-order valence-corrected chi connectivity index (χ2v) is 4.88. The van der Waals surface area contributed by atoms with Gasteiger partial charge in [0.05, 0.1) is 11.0 Å². The summed E-state index contributed by atoms with van der Waals surface area (Å²) >= 11 is 0. The Morgan fingerprint density at radius 2 is 2.19 bits per heavy atom. The highest BCUT2D eigenvalue weighted by Crippen LogP contribution is 2.38. The van der Waals surface area contributed by atoms with Crippen LogP contribution in [0.5, 0.6) is 0 Å². The van der Waals surface area contributed by atoms with Crippen LogP contribution in [0.25, 0.3) is 11.0 Å². The van der Waals surface area contributed by atoms with Gasteiger partial charge in [0, 0.05) is 6.54 Å². The average Bonchev–Trinajstić information content (AvgIpc) is 3.06. The van der Waals surface area contributed by atoms with Gasteiger partial charge in [0.2, 0.25) is 5.95 Å². The average molecular weight is 215 g/mol. The van der Waals surface area contributed by atoms with Crippen LogP contribution in [0.2, 0.25) is 0 Å². The zero-order valence-corrected chi connectivity index (χ0v) is 9.56. The van der Waals surface area contributed by atoms with E-state index in [1.165, 1.54) is 12.8 Å². The molecule has 1 heterocycles. The Bertz CT molecular complexity index is 511. The molecular weight excluding hydrogens is 198 g/mol. The first-order chi connectivity index (χ1) is 7.75. The first kappa shape index (κ1) is 9.70. The quantitative estimate of drug-likeness (QED) is 0.855. The lowest BCUT2D eigenvalue weighted by molar-refractivity contribution is 0.439. The third-order valence-electron chi connectivity index (χ3n) is 3.58. The summed E-state index contributed by atoms with van der Waals surface area (Å²) in [4.78, 5) is 4.39. The van der Waals surface area contributed by atoms with Crippen LogP contribution in [0.15, 0.2) is 24.3 Å². The molecule has 3 rings (SSSR count). The maximum atomic E-state index is 5.97. The highest BCUT2D eigenvalue weighted by atomic mass is 15.2. The molecule has 16 heavy (non-hydrogen) atoms. The number of nitrogens with two attached hydrogens (primary N) is 1. The summed E-state index contributed by atoms with van der Waals surface area (Å²) in [6, 6.07) is 8.16. The van der Waals surface area contributed by atoms with E-state index in [1.54, 1.807) is 0 Å². The molecule has 1 unspecified atom stereocenters. The summed E-state index contributed by atoms with van der Waals surface area (Å²) in [5.41, 5.74) is 8.14. The molecule has 2 N–H and O–H groups in total. The Balaban J connectivity index is 1.97. The smallest absolute Gasteiger partial charge is 0.201 e. The number of hydrogen-bond acceptors (Lipinski definition) is 2. The van der Waals surface area contributed by atoms with Crippen molar-refractivity contribution < 1.29 is 0 Å². The van der Waals surface area contributed by atoms with Crippen molar-refractivity contribution in [1.82, 2.24) is 9.55 Å². The van der Waals surface area contributed by atoms with E-state index >= 15 is 0 Å². The molecule has 2 aromatic rings. The summed E-state index contributed by atoms with van der Waals surface area (Å²) in [7, 11) is 0. The molecule has 0 aliphatic heterocycles. The summed E-state index contributed by atoms with van der Waals surface area (Å²) in [6.45, 7) is 3.31. The minimum absolute atomic E-state index is 0.647. The Hall–Kier alpha value is -1.51. The summed E-state index contributed by atoms with van der Waals surface area (Å²) < 4.78 is 2.15. The summed E-state index contributed by atoms with van der Waals surface area (Å²) in [6.07, 6.45) is 2.77. The Morgan fingerprint density at radius 1 is 1.44 bits per heavy atom. The topological polar surface area (TPSA) is 43.8 Å². The molecule has 0 spiro atoms. The number of imidazole rings is 1. The fraction of sp³-hybridized carbons (Fsp3) is 0.462. The number of hydrogen-bond donors (Lipinski definition) is 1. The van der Waals surface area contributed by atoms with Crippen molar-refractivity contribution in [3.8, 4) is 0 Å². The number of para-hydroxylation sites is 2. The third kappa shape index (κ3) is 1.56. The van der Waals surface area contributed by atoms with Crippen molar-refractivity contribution in [3.63, 3.8) is 0 Å². The number of benzene rings is 1. The zero-order valence-electron chi connectivity index (χ0n) is 9.56. The van der Waals surface area contributed by atoms with E-state index < -0.39 is 0 Å². The SMILES string of the molecule is CC(Cn1c(N)nc2ccccc21)C1CC1. The molecule has 0 amide bonds. The van der Waals surface area contributed by atoms with Gasteiger partial charge in [0.1, 0.15) is 0 Å². The molecule has 84 valence electrons. The lowest BCUT2D eigenvalue weighted by atomic mass is 10.1. The first-order valence-corrected chi connectivity index (χ1v) is 5.96. The predicted octanol–water partition coefficient (Wildman–Crippen LogP) is 2.66. The fourth-order valence-electron chi connectivity index (χ4n) is 2.39. The Labute approximate surface area is 95.3 Å². The van der Waals surface area contributed by atoms with Crippen molar-refractivity contribution in [2.45, 2.75) is 26.3 Å². The largest absolute Gasteiger partial charge is 0.369 e. The van der Waals surface area contributed by atoms with E-state index in [-0.39, 0.29) is 0 Å². The monoisotopic (exact) mass is 215 g/mol. The molecular formula is C13H17N3. The van der Waals surface area contributed by atoms with Crippen molar-refractivity contribution in [3.05, 3.63) is 24.3 Å². The fourth-order valence-corrected chi connectivity index (χ4v) is 2.39. The predicted molar refractivity (Wildman–Crippen MR) is 66.0 cm³/mol. The van der Waals surface area contributed by atoms with Crippen molar-refractivity contribution in [2.75, 3.05) is 5.73 Å². The van der Waals surface area contributed by atoms with Crippen molar-refractivity contribution in [2.24, 2.45) is 11.8 Å². The van der Waals surface area contributed by atoms with Crippen LogP contribution in [0.3, 0.4) is 0 Å². The standard InChI is InChI=1S/C13H17N3/c1-9(10-6-7-10)8-16-12-5-3-2-4-11(12)15-13(16)14/h2-5,9-10H,6-8H2,1H3,(H2,14,15). The van der Waals surface area contributed by atoms with Crippen LogP contribution in [0, 0.1) is 11.8 Å². The lowest BCUT2D eigenvalue weighted by Crippen LogP contribution is -2.11. The maximum Gasteiger partial charge on any atom is 0.201 e. The van der Waals surface area contributed by atoms with Gasteiger partial charge in [-0.1, -0.05) is 19.1 Å². The van der Waals surface area contributed by atoms with E-state index in [1.807, 2.05) is 18.2 Å². The Morgan fingerprint density at radius 3 is 2.94 bits per heavy atom. The van der Waals surface area contributed by atoms with Crippen LogP contribution >= 0.6 is 0 Å². The molecule has 1 aliphatic rings. The lowest BCUT2D eigenvalue weighted by Gasteiger charge is -2.12. The van der Waals surface area contributed by atoms with Crippen LogP contribution in [-0.4, -0.2) is 9.55 Å². The normalized spacial score (nSPS) is 17.8. The molecule has 3 heteroatoms. The van der Waals surface area contributed by atoms with E-state index in [0.29, 0.717) is 11.9 Å². The number of nitrogen functional groups attached to an aromatic ring is 1. The molecule has 1 fully saturated rings. The maximum absolute atomic E-state index is 5.97. The van der Waals surface area contributed by atoms with Gasteiger partial charge in [0.15, 0.2) is 0 Å². The Kier molecular flexibility index (Phi) is 2.13. The van der Waals surface area contributed by atoms with Gasteiger partial charge in [-0.3, -0.25) is 0 Å². The van der Waals surface area contributed by atoms with Crippen LogP contribution in [-0.2, 0) is 6.54 Å². The second kappa shape index (κ2) is 3.51. The van der Waals surface area contributed by atoms with E-state index in [2.05, 4.69) is 22.5 Å². The van der Waals surface area contributed by atoms with Gasteiger partial charge in [0.25, 0.3) is 0 Å². The first-order valence-electron chi connectivity index (χ1n) is 5.96. The van der Waals surface area contributed by atoms with Crippen molar-refractivity contribution >= 4 is 17.0 Å². The number of anilines is 1. The molecule has 1 atom stereocenters. The molecule has 0 saturated heterocycles. The molecule has 1 saturated carbocycles. The number of nitrogens with zero attached hydrogens (tertiary/aromatic N) is 2. The number of rotatable bonds is 3. The minimum atomic E-state index is 0.647. The summed E-state index contributed by atoms with van der Waals surface area (Å²) in [5.74, 6) is 2.26. The number of fused-ring (bicyclic) bond motifs is 1. The van der Waals surface area contributed by atoms with Crippen molar-refractivity contribution in [1.29, 1.82) is 0 Å². The van der Waals surface area contributed by atoms with Crippen LogP contribution in [0.4, 0.5) is 5.95 Å².